The molecule has 0 unspecified atom stereocenters. The van der Waals surface area contributed by atoms with Crippen molar-refractivity contribution in [3.05, 3.63) is 60.0 Å². The van der Waals surface area contributed by atoms with Gasteiger partial charge in [0.25, 0.3) is 6.01 Å². The Labute approximate surface area is 232 Å². The first-order valence-corrected chi connectivity index (χ1v) is 13.3. The van der Waals surface area contributed by atoms with Crippen molar-refractivity contribution in [2.75, 3.05) is 68.6 Å². The highest BCUT2D eigenvalue weighted by atomic mass is 19.1. The van der Waals surface area contributed by atoms with E-state index in [1.54, 1.807) is 31.5 Å². The van der Waals surface area contributed by atoms with Crippen molar-refractivity contribution in [2.24, 2.45) is 0 Å². The Morgan fingerprint density at radius 1 is 1.05 bits per heavy atom. The summed E-state index contributed by atoms with van der Waals surface area (Å²) < 4.78 is 39.3. The summed E-state index contributed by atoms with van der Waals surface area (Å²) in [5, 5.41) is 6.22. The van der Waals surface area contributed by atoms with Gasteiger partial charge in [0.05, 0.1) is 12.8 Å². The van der Waals surface area contributed by atoms with Crippen molar-refractivity contribution >= 4 is 23.3 Å². The van der Waals surface area contributed by atoms with Gasteiger partial charge in [-0.3, -0.25) is 4.90 Å². The van der Waals surface area contributed by atoms with Gasteiger partial charge in [0.15, 0.2) is 5.76 Å². The third-order valence-electron chi connectivity index (χ3n) is 6.72. The molecule has 1 aliphatic heterocycles. The molecule has 1 fully saturated rings. The van der Waals surface area contributed by atoms with Crippen LogP contribution in [0.25, 0.3) is 22.7 Å². The van der Waals surface area contributed by atoms with Gasteiger partial charge in [-0.25, -0.2) is 18.7 Å². The van der Waals surface area contributed by atoms with Gasteiger partial charge in [-0.05, 0) is 61.9 Å². The van der Waals surface area contributed by atoms with Crippen molar-refractivity contribution < 1.29 is 17.9 Å². The molecule has 0 atom stereocenters. The Hall–Kier alpha value is -4.25. The fraction of sp³-hybridized carbons (Fsp3) is 0.345. The average Bonchev–Trinajstić information content (AvgIpc) is 3.38. The van der Waals surface area contributed by atoms with Crippen LogP contribution in [0, 0.1) is 12.7 Å². The molecule has 1 saturated heterocycles. The van der Waals surface area contributed by atoms with Crippen molar-refractivity contribution in [3.63, 3.8) is 0 Å². The zero-order valence-corrected chi connectivity index (χ0v) is 22.9. The minimum absolute atomic E-state index is 0.290. The number of hydrogen-bond donors (Lipinski definition) is 2. The van der Waals surface area contributed by atoms with Gasteiger partial charge in [-0.2, -0.15) is 4.98 Å². The molecule has 2 N–H and O–H groups in total. The number of alkyl halides is 1. The number of halogens is 2. The zero-order chi connectivity index (χ0) is 28.1. The maximum absolute atomic E-state index is 15.1. The van der Waals surface area contributed by atoms with Crippen LogP contribution < -0.4 is 20.3 Å². The largest absolute Gasteiger partial charge is 0.497 e. The lowest BCUT2D eigenvalue weighted by Crippen LogP contribution is -2.47. The number of nitrogens with one attached hydrogen (secondary N) is 2. The van der Waals surface area contributed by atoms with Gasteiger partial charge >= 0.3 is 0 Å². The summed E-state index contributed by atoms with van der Waals surface area (Å²) in [5.74, 6) is 1.13. The number of nitrogens with zero attached hydrogens (tertiary/aromatic N) is 5. The Bertz CT molecular complexity index is 1450. The number of hydrogen-bond acceptors (Lipinski definition) is 9. The second kappa shape index (κ2) is 12.3. The lowest BCUT2D eigenvalue weighted by Gasteiger charge is -2.35. The number of benzene rings is 2. The molecule has 0 saturated carbocycles. The van der Waals surface area contributed by atoms with E-state index < -0.39 is 0 Å². The van der Waals surface area contributed by atoms with Gasteiger partial charge in [0, 0.05) is 56.7 Å². The average molecular weight is 550 g/mol. The molecule has 40 heavy (non-hydrogen) atoms. The highest BCUT2D eigenvalue weighted by Gasteiger charge is 2.21. The molecule has 0 amide bonds. The molecule has 9 nitrogen and oxygen atoms in total. The van der Waals surface area contributed by atoms with Crippen LogP contribution in [-0.4, -0.2) is 72.9 Å². The first kappa shape index (κ1) is 27.3. The van der Waals surface area contributed by atoms with Gasteiger partial charge < -0.3 is 24.7 Å². The molecule has 11 heteroatoms. The van der Waals surface area contributed by atoms with Crippen LogP contribution in [0.1, 0.15) is 12.5 Å². The maximum Gasteiger partial charge on any atom is 0.295 e. The summed E-state index contributed by atoms with van der Waals surface area (Å²) >= 11 is 0. The minimum atomic E-state index is -0.368. The smallest absolute Gasteiger partial charge is 0.295 e. The number of piperazine rings is 1. The normalized spacial score (nSPS) is 13.9. The fourth-order valence-electron chi connectivity index (χ4n) is 4.77. The lowest BCUT2D eigenvalue weighted by molar-refractivity contribution is 0.235. The van der Waals surface area contributed by atoms with E-state index in [2.05, 4.69) is 25.6 Å². The van der Waals surface area contributed by atoms with E-state index in [0.717, 1.165) is 11.1 Å². The van der Waals surface area contributed by atoms with Crippen molar-refractivity contribution in [3.8, 4) is 28.5 Å². The number of anilines is 4. The molecule has 0 spiro atoms. The second-order valence-corrected chi connectivity index (χ2v) is 9.54. The van der Waals surface area contributed by atoms with Crippen molar-refractivity contribution in [1.82, 2.24) is 19.9 Å². The number of rotatable bonds is 10. The molecule has 0 aliphatic carbocycles. The van der Waals surface area contributed by atoms with E-state index in [1.807, 2.05) is 41.8 Å². The zero-order valence-electron chi connectivity index (χ0n) is 22.9. The number of methoxy groups -OCH3 is 1. The number of oxazole rings is 1. The monoisotopic (exact) mass is 549 g/mol. The molecular weight excluding hydrogens is 516 g/mol. The third kappa shape index (κ3) is 6.15. The SMILES string of the molecule is CCNc1nc(-c2cc(C)cc(OC)c2)c(-c2ccnc(Nc3ccc(N4CCN(CCF)CC4)c(F)c3)n2)o1. The van der Waals surface area contributed by atoms with Gasteiger partial charge in [-0.1, -0.05) is 0 Å². The fourth-order valence-corrected chi connectivity index (χ4v) is 4.77. The topological polar surface area (TPSA) is 91.6 Å². The van der Waals surface area contributed by atoms with Gasteiger partial charge in [0.2, 0.25) is 5.95 Å². The van der Waals surface area contributed by atoms with Crippen molar-refractivity contribution in [2.45, 2.75) is 13.8 Å². The molecule has 5 rings (SSSR count). The summed E-state index contributed by atoms with van der Waals surface area (Å²) in [6.07, 6.45) is 1.61. The predicted octanol–water partition coefficient (Wildman–Crippen LogP) is 5.52. The molecule has 2 aromatic heterocycles. The van der Waals surface area contributed by atoms with Crippen LogP contribution in [0.3, 0.4) is 0 Å². The minimum Gasteiger partial charge on any atom is -0.497 e. The van der Waals surface area contributed by atoms with Crippen LogP contribution in [-0.2, 0) is 0 Å². The van der Waals surface area contributed by atoms with E-state index in [1.165, 1.54) is 6.07 Å². The van der Waals surface area contributed by atoms with Crippen LogP contribution in [0.15, 0.2) is 53.1 Å². The standard InChI is InChI=1S/C29H33F2N7O2/c1-4-32-29-36-26(20-15-19(2)16-22(17-20)39-3)27(40-29)24-7-9-33-28(35-24)34-21-5-6-25(23(31)18-21)38-13-11-37(10-8-30)12-14-38/h5-7,9,15-18H,4,8,10-14H2,1-3H3,(H,32,36)(H,33,34,35). The summed E-state index contributed by atoms with van der Waals surface area (Å²) in [5.41, 5.74) is 4.03. The van der Waals surface area contributed by atoms with Crippen molar-refractivity contribution in [1.29, 1.82) is 0 Å². The summed E-state index contributed by atoms with van der Waals surface area (Å²) in [6.45, 7) is 7.35. The maximum atomic E-state index is 15.1. The van der Waals surface area contributed by atoms with E-state index in [0.29, 0.717) is 85.5 Å². The van der Waals surface area contributed by atoms with Gasteiger partial charge in [0.1, 0.15) is 29.6 Å². The molecule has 0 bridgehead atoms. The van der Waals surface area contributed by atoms with Crippen LogP contribution in [0.5, 0.6) is 5.75 Å². The molecule has 3 heterocycles. The predicted molar refractivity (Wildman–Crippen MR) is 153 cm³/mol. The van der Waals surface area contributed by atoms with Gasteiger partial charge in [-0.15, -0.1) is 0 Å². The molecule has 1 aliphatic rings. The molecular formula is C29H33F2N7O2. The van der Waals surface area contributed by atoms with Crippen LogP contribution in [0.2, 0.25) is 0 Å². The first-order chi connectivity index (χ1) is 19.5. The lowest BCUT2D eigenvalue weighted by atomic mass is 10.1. The highest BCUT2D eigenvalue weighted by Crippen LogP contribution is 2.36. The van der Waals surface area contributed by atoms with Crippen LogP contribution in [0.4, 0.5) is 32.1 Å². The second-order valence-electron chi connectivity index (χ2n) is 9.54. The Kier molecular flexibility index (Phi) is 8.40. The van der Waals surface area contributed by atoms with E-state index in [4.69, 9.17) is 9.15 Å². The third-order valence-corrected chi connectivity index (χ3v) is 6.72. The highest BCUT2D eigenvalue weighted by molar-refractivity contribution is 5.78. The number of aryl methyl sites for hydroxylation is 1. The molecule has 2 aromatic carbocycles. The molecule has 210 valence electrons. The quantitative estimate of drug-likeness (QED) is 0.265. The van der Waals surface area contributed by atoms with E-state index in [-0.39, 0.29) is 12.5 Å². The Balaban J connectivity index is 1.38. The Morgan fingerprint density at radius 2 is 1.88 bits per heavy atom. The number of ether oxygens (including phenoxy) is 1. The number of aromatic nitrogens is 3. The first-order valence-electron chi connectivity index (χ1n) is 13.3. The molecule has 4 aromatic rings. The summed E-state index contributed by atoms with van der Waals surface area (Å²) in [7, 11) is 1.62. The van der Waals surface area contributed by atoms with E-state index in [9.17, 15) is 4.39 Å². The van der Waals surface area contributed by atoms with Crippen LogP contribution >= 0.6 is 0 Å². The summed E-state index contributed by atoms with van der Waals surface area (Å²) in [4.78, 5) is 17.7. The molecule has 0 radical (unpaired) electrons. The van der Waals surface area contributed by atoms with E-state index >= 15 is 4.39 Å². The Morgan fingerprint density at radius 3 is 2.60 bits per heavy atom. The summed E-state index contributed by atoms with van der Waals surface area (Å²) in [6, 6.07) is 12.9.